The minimum Gasteiger partial charge on any atom is -0.507 e. The average molecular weight is 255 g/mol. The second-order valence-electron chi connectivity index (χ2n) is 3.55. The lowest BCUT2D eigenvalue weighted by atomic mass is 10.1. The second-order valence-corrected chi connectivity index (χ2v) is 4.97. The Labute approximate surface area is 96.7 Å². The largest absolute Gasteiger partial charge is 0.507 e. The summed E-state index contributed by atoms with van der Waals surface area (Å²) in [6.07, 6.45) is 0. The fourth-order valence-corrected chi connectivity index (χ4v) is 2.06. The molecule has 0 unspecified atom stereocenters. The number of benzene rings is 2. The van der Waals surface area contributed by atoms with Crippen molar-refractivity contribution in [3.05, 3.63) is 24.3 Å². The highest BCUT2D eigenvalue weighted by molar-refractivity contribution is 7.85. The maximum absolute atomic E-state index is 10.9. The number of hydrogen-bond acceptors (Lipinski definition) is 5. The Morgan fingerprint density at radius 2 is 1.65 bits per heavy atom. The van der Waals surface area contributed by atoms with E-state index in [-0.39, 0.29) is 28.0 Å². The molecule has 7 heteroatoms. The van der Waals surface area contributed by atoms with Gasteiger partial charge in [0.15, 0.2) is 0 Å². The molecule has 5 N–H and O–H groups in total. The predicted molar refractivity (Wildman–Crippen MR) is 61.5 cm³/mol. The van der Waals surface area contributed by atoms with Crippen molar-refractivity contribution in [2.75, 3.05) is 5.73 Å². The number of nitrogen functional groups attached to an aromatic ring is 1. The molecule has 2 aromatic carbocycles. The first-order chi connectivity index (χ1) is 7.79. The molecule has 0 aliphatic rings. The van der Waals surface area contributed by atoms with Crippen LogP contribution in [0.3, 0.4) is 0 Å². The molecule has 0 saturated heterocycles. The van der Waals surface area contributed by atoms with E-state index in [2.05, 4.69) is 0 Å². The first kappa shape index (κ1) is 11.5. The highest BCUT2D eigenvalue weighted by Crippen LogP contribution is 2.34. The Balaban J connectivity index is 2.87. The Morgan fingerprint density at radius 3 is 2.24 bits per heavy atom. The Hall–Kier alpha value is -1.99. The van der Waals surface area contributed by atoms with E-state index in [0.717, 1.165) is 12.1 Å². The SMILES string of the molecule is Nc1cc2c(O)cc(S(=O)(=O)O)cc2cc1O. The summed E-state index contributed by atoms with van der Waals surface area (Å²) in [6, 6.07) is 4.56. The summed E-state index contributed by atoms with van der Waals surface area (Å²) < 4.78 is 30.7. The fraction of sp³-hybridized carbons (Fsp3) is 0. The van der Waals surface area contributed by atoms with Gasteiger partial charge in [-0.3, -0.25) is 4.55 Å². The van der Waals surface area contributed by atoms with Crippen LogP contribution >= 0.6 is 0 Å². The zero-order valence-corrected chi connectivity index (χ0v) is 9.27. The smallest absolute Gasteiger partial charge is 0.294 e. The van der Waals surface area contributed by atoms with Crippen molar-refractivity contribution in [1.29, 1.82) is 0 Å². The molecule has 90 valence electrons. The number of anilines is 1. The van der Waals surface area contributed by atoms with Crippen LogP contribution in [0, 0.1) is 0 Å². The lowest BCUT2D eigenvalue weighted by Gasteiger charge is -2.06. The van der Waals surface area contributed by atoms with Crippen LogP contribution in [0.4, 0.5) is 5.69 Å². The van der Waals surface area contributed by atoms with Gasteiger partial charge in [-0.25, -0.2) is 0 Å². The van der Waals surface area contributed by atoms with E-state index in [1.54, 1.807) is 0 Å². The lowest BCUT2D eigenvalue weighted by Crippen LogP contribution is -1.98. The molecular formula is C10H9NO5S. The van der Waals surface area contributed by atoms with Gasteiger partial charge in [-0.2, -0.15) is 8.42 Å². The zero-order chi connectivity index (χ0) is 12.8. The first-order valence-electron chi connectivity index (χ1n) is 4.52. The number of aromatic hydroxyl groups is 2. The van der Waals surface area contributed by atoms with E-state index < -0.39 is 15.0 Å². The molecule has 17 heavy (non-hydrogen) atoms. The van der Waals surface area contributed by atoms with Gasteiger partial charge in [0.2, 0.25) is 0 Å². The highest BCUT2D eigenvalue weighted by Gasteiger charge is 2.14. The van der Waals surface area contributed by atoms with Crippen molar-refractivity contribution < 1.29 is 23.2 Å². The summed E-state index contributed by atoms with van der Waals surface area (Å²) in [4.78, 5) is -0.452. The van der Waals surface area contributed by atoms with E-state index in [1.807, 2.05) is 0 Å². The van der Waals surface area contributed by atoms with E-state index in [4.69, 9.17) is 10.3 Å². The molecule has 0 saturated carbocycles. The van der Waals surface area contributed by atoms with Crippen LogP contribution in [0.2, 0.25) is 0 Å². The number of phenolic OH excluding ortho intramolecular Hbond substituents is 2. The molecule has 0 aliphatic heterocycles. The van der Waals surface area contributed by atoms with E-state index >= 15 is 0 Å². The Bertz CT molecular complexity index is 708. The maximum atomic E-state index is 10.9. The first-order valence-corrected chi connectivity index (χ1v) is 5.96. The maximum Gasteiger partial charge on any atom is 0.294 e. The molecule has 6 nitrogen and oxygen atoms in total. The molecule has 0 spiro atoms. The third kappa shape index (κ3) is 1.97. The topological polar surface area (TPSA) is 121 Å². The van der Waals surface area contributed by atoms with Crippen LogP contribution < -0.4 is 5.73 Å². The zero-order valence-electron chi connectivity index (χ0n) is 8.45. The van der Waals surface area contributed by atoms with Crippen LogP contribution in [0.5, 0.6) is 11.5 Å². The Morgan fingerprint density at radius 1 is 1.00 bits per heavy atom. The summed E-state index contributed by atoms with van der Waals surface area (Å²) in [5.41, 5.74) is 5.51. The number of nitrogens with two attached hydrogens (primary N) is 1. The van der Waals surface area contributed by atoms with Crippen LogP contribution in [0.25, 0.3) is 10.8 Å². The lowest BCUT2D eigenvalue weighted by molar-refractivity contribution is 0.469. The molecule has 0 amide bonds. The monoisotopic (exact) mass is 255 g/mol. The van der Waals surface area contributed by atoms with Crippen molar-refractivity contribution in [3.8, 4) is 11.5 Å². The molecule has 0 heterocycles. The van der Waals surface area contributed by atoms with Crippen molar-refractivity contribution in [3.63, 3.8) is 0 Å². The van der Waals surface area contributed by atoms with Gasteiger partial charge in [0, 0.05) is 11.5 Å². The van der Waals surface area contributed by atoms with Crippen molar-refractivity contribution in [2.24, 2.45) is 0 Å². The molecule has 2 rings (SSSR count). The molecule has 0 fully saturated rings. The minimum atomic E-state index is -4.41. The van der Waals surface area contributed by atoms with Crippen molar-refractivity contribution in [2.45, 2.75) is 4.90 Å². The molecule has 0 radical (unpaired) electrons. The normalized spacial score (nSPS) is 11.8. The summed E-state index contributed by atoms with van der Waals surface area (Å²) in [5.74, 6) is -0.578. The average Bonchev–Trinajstić information content (AvgIpc) is 2.19. The second kappa shape index (κ2) is 3.51. The molecule has 0 bridgehead atoms. The molecular weight excluding hydrogens is 246 g/mol. The summed E-state index contributed by atoms with van der Waals surface area (Å²) in [7, 11) is -4.41. The van der Waals surface area contributed by atoms with Crippen LogP contribution in [0.15, 0.2) is 29.2 Å². The van der Waals surface area contributed by atoms with Gasteiger partial charge in [0.05, 0.1) is 10.6 Å². The van der Waals surface area contributed by atoms with Crippen molar-refractivity contribution in [1.82, 2.24) is 0 Å². The summed E-state index contributed by atoms with van der Waals surface area (Å²) in [5, 5.41) is 19.5. The molecule has 0 aliphatic carbocycles. The number of fused-ring (bicyclic) bond motifs is 1. The van der Waals surface area contributed by atoms with Gasteiger partial charge < -0.3 is 15.9 Å². The Kier molecular flexibility index (Phi) is 2.37. The van der Waals surface area contributed by atoms with Gasteiger partial charge in [-0.15, -0.1) is 0 Å². The summed E-state index contributed by atoms with van der Waals surface area (Å²) in [6.45, 7) is 0. The fourth-order valence-electron chi connectivity index (χ4n) is 1.52. The molecule has 2 aromatic rings. The van der Waals surface area contributed by atoms with E-state index in [0.29, 0.717) is 0 Å². The summed E-state index contributed by atoms with van der Waals surface area (Å²) >= 11 is 0. The third-order valence-corrected chi connectivity index (χ3v) is 3.18. The number of hydrogen-bond donors (Lipinski definition) is 4. The predicted octanol–water partition coefficient (Wildman–Crippen LogP) is 1.08. The van der Waals surface area contributed by atoms with Gasteiger partial charge in [-0.05, 0) is 23.6 Å². The number of rotatable bonds is 1. The van der Waals surface area contributed by atoms with E-state index in [1.165, 1.54) is 12.1 Å². The molecule has 0 atom stereocenters. The number of phenols is 2. The van der Waals surface area contributed by atoms with Crippen LogP contribution in [-0.2, 0) is 10.1 Å². The van der Waals surface area contributed by atoms with Gasteiger partial charge in [0.1, 0.15) is 11.5 Å². The molecule has 0 aromatic heterocycles. The van der Waals surface area contributed by atoms with E-state index in [9.17, 15) is 18.6 Å². The van der Waals surface area contributed by atoms with Crippen LogP contribution in [-0.4, -0.2) is 23.2 Å². The highest BCUT2D eigenvalue weighted by atomic mass is 32.2. The van der Waals surface area contributed by atoms with Gasteiger partial charge in [-0.1, -0.05) is 0 Å². The minimum absolute atomic E-state index is 0.0624. The quantitative estimate of drug-likeness (QED) is 0.344. The third-order valence-electron chi connectivity index (χ3n) is 2.35. The van der Waals surface area contributed by atoms with Crippen LogP contribution in [0.1, 0.15) is 0 Å². The standard InChI is InChI=1S/C10H9NO5S/c11-8-4-7-5(2-10(8)13)1-6(3-9(7)12)17(14,15)16/h1-4,12-13H,11H2,(H,14,15,16). The van der Waals surface area contributed by atoms with Crippen molar-refractivity contribution >= 4 is 26.6 Å². The van der Waals surface area contributed by atoms with Gasteiger partial charge >= 0.3 is 0 Å². The van der Waals surface area contributed by atoms with Gasteiger partial charge in [0.25, 0.3) is 10.1 Å².